The van der Waals surface area contributed by atoms with E-state index < -0.39 is 17.2 Å². The highest BCUT2D eigenvalue weighted by molar-refractivity contribution is 5.76. The zero-order chi connectivity index (χ0) is 19.8. The first-order valence-corrected chi connectivity index (χ1v) is 9.89. The molecule has 0 saturated carbocycles. The van der Waals surface area contributed by atoms with Gasteiger partial charge in [-0.25, -0.2) is 0 Å². The fourth-order valence-electron chi connectivity index (χ4n) is 3.60. The maximum atomic E-state index is 13.1. The number of carbonyl (C=O) groups excluding carboxylic acids is 1. The molecular formula is C21H30F3NO2. The molecule has 0 spiro atoms. The van der Waals surface area contributed by atoms with Crippen LogP contribution in [0.1, 0.15) is 69.4 Å². The van der Waals surface area contributed by atoms with Gasteiger partial charge < -0.3 is 10.1 Å². The molecule has 1 aromatic carbocycles. The molecule has 0 unspecified atom stereocenters. The molecule has 6 heteroatoms. The van der Waals surface area contributed by atoms with E-state index >= 15 is 0 Å². The number of hydrogen-bond acceptors (Lipinski definition) is 2. The first-order valence-electron chi connectivity index (χ1n) is 9.89. The Morgan fingerprint density at radius 2 is 1.85 bits per heavy atom. The van der Waals surface area contributed by atoms with Crippen LogP contribution in [-0.2, 0) is 21.1 Å². The van der Waals surface area contributed by atoms with E-state index in [-0.39, 0.29) is 5.91 Å². The van der Waals surface area contributed by atoms with E-state index in [2.05, 4.69) is 12.2 Å². The summed E-state index contributed by atoms with van der Waals surface area (Å²) in [5, 5.41) is 2.97. The summed E-state index contributed by atoms with van der Waals surface area (Å²) in [6.45, 7) is 3.48. The van der Waals surface area contributed by atoms with E-state index in [4.69, 9.17) is 4.74 Å². The van der Waals surface area contributed by atoms with Gasteiger partial charge >= 0.3 is 6.18 Å². The summed E-state index contributed by atoms with van der Waals surface area (Å²) in [5.74, 6) is -0.0238. The zero-order valence-electron chi connectivity index (χ0n) is 16.0. The number of amides is 1. The summed E-state index contributed by atoms with van der Waals surface area (Å²) in [6.07, 6.45) is 2.67. The lowest BCUT2D eigenvalue weighted by molar-refractivity contribution is -0.137. The highest BCUT2D eigenvalue weighted by Gasteiger charge is 2.37. The quantitative estimate of drug-likeness (QED) is 0.591. The van der Waals surface area contributed by atoms with Crippen molar-refractivity contribution in [2.75, 3.05) is 19.8 Å². The predicted molar refractivity (Wildman–Crippen MR) is 99.6 cm³/mol. The number of nitrogens with one attached hydrogen (secondary N) is 1. The van der Waals surface area contributed by atoms with Gasteiger partial charge in [0.1, 0.15) is 0 Å². The molecule has 152 valence electrons. The van der Waals surface area contributed by atoms with Crippen LogP contribution in [0.3, 0.4) is 0 Å². The number of benzene rings is 1. The Bertz CT molecular complexity index is 595. The van der Waals surface area contributed by atoms with E-state index in [9.17, 15) is 18.0 Å². The van der Waals surface area contributed by atoms with Gasteiger partial charge in [0.05, 0.1) is 5.56 Å². The number of unbranched alkanes of at least 4 members (excludes halogenated alkanes) is 4. The maximum absolute atomic E-state index is 13.1. The summed E-state index contributed by atoms with van der Waals surface area (Å²) in [5.41, 5.74) is -0.519. The number of alkyl halides is 3. The lowest BCUT2D eigenvalue weighted by Crippen LogP contribution is -2.44. The minimum absolute atomic E-state index is 0.0238. The van der Waals surface area contributed by atoms with E-state index in [0.29, 0.717) is 44.6 Å². The normalized spacial score (nSPS) is 16.9. The Hall–Kier alpha value is -1.56. The van der Waals surface area contributed by atoms with Gasteiger partial charge in [-0.3, -0.25) is 4.79 Å². The Morgan fingerprint density at radius 3 is 2.52 bits per heavy atom. The van der Waals surface area contributed by atoms with Crippen LogP contribution < -0.4 is 5.32 Å². The van der Waals surface area contributed by atoms with Crippen LogP contribution in [0.4, 0.5) is 13.2 Å². The van der Waals surface area contributed by atoms with Crippen LogP contribution in [0.15, 0.2) is 24.3 Å². The monoisotopic (exact) mass is 385 g/mol. The molecule has 1 N–H and O–H groups in total. The largest absolute Gasteiger partial charge is 0.416 e. The van der Waals surface area contributed by atoms with Gasteiger partial charge in [0.25, 0.3) is 0 Å². The summed E-state index contributed by atoms with van der Waals surface area (Å²) in [7, 11) is 0. The van der Waals surface area contributed by atoms with E-state index in [1.807, 2.05) is 0 Å². The molecule has 3 nitrogen and oxygen atoms in total. The zero-order valence-corrected chi connectivity index (χ0v) is 16.0. The van der Waals surface area contributed by atoms with Crippen LogP contribution in [0.2, 0.25) is 0 Å². The molecule has 1 aromatic rings. The molecule has 1 saturated heterocycles. The van der Waals surface area contributed by atoms with Gasteiger partial charge in [0.2, 0.25) is 5.91 Å². The second-order valence-corrected chi connectivity index (χ2v) is 7.41. The lowest BCUT2D eigenvalue weighted by Gasteiger charge is -2.38. The fraction of sp³-hybridized carbons (Fsp3) is 0.667. The summed E-state index contributed by atoms with van der Waals surface area (Å²) < 4.78 is 44.7. The third-order valence-corrected chi connectivity index (χ3v) is 5.38. The topological polar surface area (TPSA) is 38.3 Å². The molecule has 1 fully saturated rings. The fourth-order valence-corrected chi connectivity index (χ4v) is 3.60. The SMILES string of the molecule is CCCCCCCC(=O)NCC1(c2cccc(C(F)(F)F)c2)CCOCC1. The smallest absolute Gasteiger partial charge is 0.381 e. The van der Waals surface area contributed by atoms with Crippen molar-refractivity contribution >= 4 is 5.91 Å². The van der Waals surface area contributed by atoms with E-state index in [0.717, 1.165) is 31.7 Å². The second-order valence-electron chi connectivity index (χ2n) is 7.41. The maximum Gasteiger partial charge on any atom is 0.416 e. The van der Waals surface area contributed by atoms with Gasteiger partial charge in [0.15, 0.2) is 0 Å². The highest BCUT2D eigenvalue weighted by atomic mass is 19.4. The summed E-state index contributed by atoms with van der Waals surface area (Å²) >= 11 is 0. The standard InChI is InChI=1S/C21H30F3NO2/c1-2-3-4-5-6-10-19(26)25-16-20(11-13-27-14-12-20)17-8-7-9-18(15-17)21(22,23)24/h7-9,15H,2-6,10-14,16H2,1H3,(H,25,26). The van der Waals surface area contributed by atoms with E-state index in [1.165, 1.54) is 18.6 Å². The van der Waals surface area contributed by atoms with Crippen molar-refractivity contribution in [2.45, 2.75) is 69.9 Å². The Kier molecular flexibility index (Phi) is 8.14. The summed E-state index contributed by atoms with van der Waals surface area (Å²) in [6, 6.07) is 5.50. The molecule has 2 rings (SSSR count). The van der Waals surface area contributed by atoms with Crippen molar-refractivity contribution in [1.29, 1.82) is 0 Å². The Balaban J connectivity index is 2.01. The van der Waals surface area contributed by atoms with Gasteiger partial charge in [-0.1, -0.05) is 50.8 Å². The number of halogens is 3. The van der Waals surface area contributed by atoms with Crippen molar-refractivity contribution in [1.82, 2.24) is 5.32 Å². The van der Waals surface area contributed by atoms with Crippen LogP contribution in [-0.4, -0.2) is 25.7 Å². The number of rotatable bonds is 9. The average Bonchev–Trinajstić information content (AvgIpc) is 2.66. The number of carbonyl (C=O) groups is 1. The van der Waals surface area contributed by atoms with E-state index in [1.54, 1.807) is 6.07 Å². The third-order valence-electron chi connectivity index (χ3n) is 5.38. The molecule has 0 radical (unpaired) electrons. The molecular weight excluding hydrogens is 355 g/mol. The van der Waals surface area contributed by atoms with Crippen molar-refractivity contribution in [3.8, 4) is 0 Å². The number of ether oxygens (including phenoxy) is 1. The minimum Gasteiger partial charge on any atom is -0.381 e. The lowest BCUT2D eigenvalue weighted by atomic mass is 9.73. The second kappa shape index (κ2) is 10.1. The van der Waals surface area contributed by atoms with Gasteiger partial charge in [-0.15, -0.1) is 0 Å². The van der Waals surface area contributed by atoms with Crippen molar-refractivity contribution in [2.24, 2.45) is 0 Å². The molecule has 0 bridgehead atoms. The Labute approximate surface area is 159 Å². The highest BCUT2D eigenvalue weighted by Crippen LogP contribution is 2.37. The van der Waals surface area contributed by atoms with Crippen molar-refractivity contribution in [3.63, 3.8) is 0 Å². The van der Waals surface area contributed by atoms with Gasteiger partial charge in [-0.05, 0) is 30.9 Å². The minimum atomic E-state index is -4.37. The molecule has 0 aromatic heterocycles. The first-order chi connectivity index (χ1) is 12.9. The molecule has 1 amide bonds. The van der Waals surface area contributed by atoms with Crippen LogP contribution >= 0.6 is 0 Å². The number of hydrogen-bond donors (Lipinski definition) is 1. The van der Waals surface area contributed by atoms with Gasteiger partial charge in [-0.2, -0.15) is 13.2 Å². The van der Waals surface area contributed by atoms with Crippen LogP contribution in [0.5, 0.6) is 0 Å². The predicted octanol–water partition coefficient (Wildman–Crippen LogP) is 5.23. The third kappa shape index (κ3) is 6.52. The molecule has 1 aliphatic heterocycles. The van der Waals surface area contributed by atoms with Crippen molar-refractivity contribution < 1.29 is 22.7 Å². The van der Waals surface area contributed by atoms with Crippen molar-refractivity contribution in [3.05, 3.63) is 35.4 Å². The molecule has 1 heterocycles. The Morgan fingerprint density at radius 1 is 1.15 bits per heavy atom. The summed E-state index contributed by atoms with van der Waals surface area (Å²) in [4.78, 5) is 12.2. The molecule has 27 heavy (non-hydrogen) atoms. The van der Waals surface area contributed by atoms with Crippen LogP contribution in [0, 0.1) is 0 Å². The van der Waals surface area contributed by atoms with Gasteiger partial charge in [0, 0.05) is 31.6 Å². The average molecular weight is 385 g/mol. The first kappa shape index (κ1) is 21.7. The molecule has 0 aliphatic carbocycles. The molecule has 0 atom stereocenters. The molecule has 1 aliphatic rings. The van der Waals surface area contributed by atoms with Crippen LogP contribution in [0.25, 0.3) is 0 Å².